The number of aromatic nitrogens is 3. The number of likely N-dealkylation sites (N-methyl/N-ethyl adjacent to an activating group) is 1. The van der Waals surface area contributed by atoms with E-state index >= 15 is 0 Å². The Morgan fingerprint density at radius 2 is 1.93 bits per heavy atom. The molecule has 8 heteroatoms. The molecular weight excluding hydrogens is 356 g/mol. The van der Waals surface area contributed by atoms with Crippen molar-refractivity contribution in [3.8, 4) is 5.69 Å². The lowest BCUT2D eigenvalue weighted by molar-refractivity contribution is 0.103. The molecule has 140 valence electrons. The quantitative estimate of drug-likeness (QED) is 0.485. The zero-order chi connectivity index (χ0) is 19.3. The Hall–Kier alpha value is -3.39. The number of fused-ring (bicyclic) bond motifs is 4. The fraction of sp³-hybridized carbons (Fsp3) is 0.250. The van der Waals surface area contributed by atoms with Crippen molar-refractivity contribution in [2.75, 3.05) is 33.2 Å². The van der Waals surface area contributed by atoms with Gasteiger partial charge in [-0.2, -0.15) is 5.10 Å². The standard InChI is InChI=1S/C20H18N6O2/c1-24-6-8-25(9-7-24)22-11-13-2-3-17-14(10-13)18(27)19-23-16-4-5-21-12-15(16)20(28)26(17)19/h2-5,10-12H,6-9H2,1H3. The Labute approximate surface area is 160 Å². The zero-order valence-electron chi connectivity index (χ0n) is 15.4. The third kappa shape index (κ3) is 2.61. The van der Waals surface area contributed by atoms with Crippen molar-refractivity contribution >= 4 is 22.9 Å². The second kappa shape index (κ2) is 6.35. The smallest absolute Gasteiger partial charge is 0.267 e. The molecule has 0 bridgehead atoms. The van der Waals surface area contributed by atoms with Crippen molar-refractivity contribution in [1.82, 2.24) is 24.4 Å². The fourth-order valence-electron chi connectivity index (χ4n) is 3.60. The van der Waals surface area contributed by atoms with Gasteiger partial charge in [-0.05, 0) is 30.8 Å². The van der Waals surface area contributed by atoms with Crippen LogP contribution in [0, 0.1) is 0 Å². The zero-order valence-corrected chi connectivity index (χ0v) is 15.4. The molecule has 0 amide bonds. The maximum absolute atomic E-state index is 12.9. The summed E-state index contributed by atoms with van der Waals surface area (Å²) in [5.74, 6) is -0.104. The highest BCUT2D eigenvalue weighted by Gasteiger charge is 2.30. The topological polar surface area (TPSA) is 83.7 Å². The number of piperazine rings is 1. The van der Waals surface area contributed by atoms with Gasteiger partial charge < -0.3 is 4.90 Å². The number of benzene rings is 1. The summed E-state index contributed by atoms with van der Waals surface area (Å²) in [6.07, 6.45) is 4.81. The first kappa shape index (κ1) is 16.8. The van der Waals surface area contributed by atoms with Crippen LogP contribution in [-0.4, -0.2) is 69.7 Å². The summed E-state index contributed by atoms with van der Waals surface area (Å²) in [7, 11) is 2.10. The number of pyridine rings is 1. The average molecular weight is 374 g/mol. The summed E-state index contributed by atoms with van der Waals surface area (Å²) in [5.41, 5.74) is 2.04. The Balaban J connectivity index is 1.52. The van der Waals surface area contributed by atoms with E-state index < -0.39 is 0 Å². The lowest BCUT2D eigenvalue weighted by Crippen LogP contribution is -2.41. The molecule has 3 aromatic rings. The minimum absolute atomic E-state index is 0.145. The van der Waals surface area contributed by atoms with Crippen LogP contribution in [0.3, 0.4) is 0 Å². The predicted molar refractivity (Wildman–Crippen MR) is 105 cm³/mol. The van der Waals surface area contributed by atoms with E-state index in [1.807, 2.05) is 11.1 Å². The van der Waals surface area contributed by atoms with Crippen molar-refractivity contribution in [2.45, 2.75) is 0 Å². The van der Waals surface area contributed by atoms with Crippen molar-refractivity contribution in [3.05, 3.63) is 64.0 Å². The Morgan fingerprint density at radius 3 is 2.75 bits per heavy atom. The molecule has 4 heterocycles. The minimum atomic E-state index is -0.279. The lowest BCUT2D eigenvalue weighted by atomic mass is 10.1. The third-order valence-electron chi connectivity index (χ3n) is 5.23. The molecule has 1 saturated heterocycles. The van der Waals surface area contributed by atoms with Crippen molar-refractivity contribution < 1.29 is 4.79 Å². The molecule has 2 aliphatic rings. The van der Waals surface area contributed by atoms with Crippen molar-refractivity contribution in [3.63, 3.8) is 0 Å². The summed E-state index contributed by atoms with van der Waals surface area (Å²) in [4.78, 5) is 36.4. The molecule has 2 aliphatic heterocycles. The summed E-state index contributed by atoms with van der Waals surface area (Å²) in [5, 5.41) is 6.95. The van der Waals surface area contributed by atoms with E-state index in [1.54, 1.807) is 30.6 Å². The first-order chi connectivity index (χ1) is 13.6. The number of hydrogen-bond acceptors (Lipinski definition) is 7. The maximum Gasteiger partial charge on any atom is 0.267 e. The summed E-state index contributed by atoms with van der Waals surface area (Å²) >= 11 is 0. The third-order valence-corrected chi connectivity index (χ3v) is 5.23. The Kier molecular flexibility index (Phi) is 3.80. The van der Waals surface area contributed by atoms with Crippen LogP contribution in [0.1, 0.15) is 21.7 Å². The van der Waals surface area contributed by atoms with Crippen LogP contribution in [0.2, 0.25) is 0 Å². The molecule has 0 unspecified atom stereocenters. The summed E-state index contributed by atoms with van der Waals surface area (Å²) in [6, 6.07) is 7.05. The number of rotatable bonds is 2. The normalized spacial score (nSPS) is 16.8. The molecule has 2 aromatic heterocycles. The van der Waals surface area contributed by atoms with Gasteiger partial charge >= 0.3 is 0 Å². The minimum Gasteiger partial charge on any atom is -0.303 e. The second-order valence-electron chi connectivity index (χ2n) is 7.08. The Bertz CT molecular complexity index is 1190. The molecule has 0 saturated carbocycles. The van der Waals surface area contributed by atoms with Gasteiger partial charge in [0.1, 0.15) is 0 Å². The van der Waals surface area contributed by atoms with E-state index in [0.717, 1.165) is 31.7 Å². The van der Waals surface area contributed by atoms with Crippen molar-refractivity contribution in [1.29, 1.82) is 0 Å². The molecule has 5 rings (SSSR count). The molecular formula is C20H18N6O2. The van der Waals surface area contributed by atoms with E-state index in [4.69, 9.17) is 0 Å². The van der Waals surface area contributed by atoms with Gasteiger partial charge in [-0.1, -0.05) is 6.07 Å². The van der Waals surface area contributed by atoms with Gasteiger partial charge in [0.15, 0.2) is 5.82 Å². The molecule has 0 aliphatic carbocycles. The highest BCUT2D eigenvalue weighted by molar-refractivity contribution is 6.14. The number of hydrogen-bond donors (Lipinski definition) is 0. The van der Waals surface area contributed by atoms with Crippen molar-refractivity contribution in [2.24, 2.45) is 5.10 Å². The van der Waals surface area contributed by atoms with E-state index in [2.05, 4.69) is 27.0 Å². The molecule has 28 heavy (non-hydrogen) atoms. The van der Waals surface area contributed by atoms with Crippen LogP contribution in [0.15, 0.2) is 46.6 Å². The molecule has 1 aromatic carbocycles. The van der Waals surface area contributed by atoms with Gasteiger partial charge in [0.2, 0.25) is 5.78 Å². The molecule has 0 spiro atoms. The number of ketones is 1. The number of carbonyl (C=O) groups excluding carboxylic acids is 1. The fourth-order valence-corrected chi connectivity index (χ4v) is 3.60. The summed E-state index contributed by atoms with van der Waals surface area (Å²) in [6.45, 7) is 3.71. The molecule has 0 atom stereocenters. The Morgan fingerprint density at radius 1 is 1.11 bits per heavy atom. The van der Waals surface area contributed by atoms with Crippen LogP contribution in [-0.2, 0) is 0 Å². The van der Waals surface area contributed by atoms with Crippen LogP contribution < -0.4 is 5.56 Å². The maximum atomic E-state index is 12.9. The number of hydrazone groups is 1. The van der Waals surface area contributed by atoms with Crippen LogP contribution in [0.4, 0.5) is 0 Å². The average Bonchev–Trinajstić information content (AvgIpc) is 3.00. The number of nitrogens with zero attached hydrogens (tertiary/aromatic N) is 6. The van der Waals surface area contributed by atoms with E-state index in [9.17, 15) is 9.59 Å². The van der Waals surface area contributed by atoms with Crippen LogP contribution in [0.5, 0.6) is 0 Å². The van der Waals surface area contributed by atoms with Gasteiger partial charge in [-0.3, -0.25) is 24.1 Å². The largest absolute Gasteiger partial charge is 0.303 e. The summed E-state index contributed by atoms with van der Waals surface area (Å²) < 4.78 is 1.38. The van der Waals surface area contributed by atoms with Crippen LogP contribution >= 0.6 is 0 Å². The van der Waals surface area contributed by atoms with Gasteiger partial charge in [0.05, 0.1) is 28.4 Å². The molecule has 8 nitrogen and oxygen atoms in total. The van der Waals surface area contributed by atoms with Gasteiger partial charge in [-0.15, -0.1) is 0 Å². The van der Waals surface area contributed by atoms with E-state index in [0.29, 0.717) is 22.2 Å². The monoisotopic (exact) mass is 374 g/mol. The molecule has 0 N–H and O–H groups in total. The van der Waals surface area contributed by atoms with Gasteiger partial charge in [0.25, 0.3) is 5.56 Å². The molecule has 1 fully saturated rings. The SMILES string of the molecule is CN1CCN(N=Cc2ccc3c(c2)C(=O)c2nc4ccncc4c(=O)n2-3)CC1. The lowest BCUT2D eigenvalue weighted by Gasteiger charge is -2.30. The number of carbonyl (C=O) groups is 1. The van der Waals surface area contributed by atoms with Crippen LogP contribution in [0.25, 0.3) is 16.6 Å². The second-order valence-corrected chi connectivity index (χ2v) is 7.08. The highest BCUT2D eigenvalue weighted by atomic mass is 16.1. The predicted octanol–water partition coefficient (Wildman–Crippen LogP) is 0.906. The van der Waals surface area contributed by atoms with E-state index in [1.165, 1.54) is 10.8 Å². The van der Waals surface area contributed by atoms with Gasteiger partial charge in [-0.25, -0.2) is 4.98 Å². The van der Waals surface area contributed by atoms with E-state index in [-0.39, 0.29) is 17.2 Å². The van der Waals surface area contributed by atoms with Gasteiger partial charge in [0, 0.05) is 38.6 Å². The first-order valence-electron chi connectivity index (χ1n) is 9.15. The first-order valence-corrected chi connectivity index (χ1v) is 9.15. The highest BCUT2D eigenvalue weighted by Crippen LogP contribution is 2.26. The molecule has 0 radical (unpaired) electrons.